The second-order valence-electron chi connectivity index (χ2n) is 4.71. The van der Waals surface area contributed by atoms with Crippen LogP contribution in [0.2, 0.25) is 0 Å². The van der Waals surface area contributed by atoms with E-state index in [4.69, 9.17) is 0 Å². The van der Waals surface area contributed by atoms with Gasteiger partial charge in [0.05, 0.1) is 23.6 Å². The van der Waals surface area contributed by atoms with E-state index < -0.39 is 0 Å². The van der Waals surface area contributed by atoms with Gasteiger partial charge >= 0.3 is 0 Å². The third-order valence-corrected chi connectivity index (χ3v) is 2.89. The summed E-state index contributed by atoms with van der Waals surface area (Å²) >= 11 is 0. The van der Waals surface area contributed by atoms with Gasteiger partial charge < -0.3 is 5.32 Å². The average Bonchev–Trinajstić information content (AvgIpc) is 2.69. The molecule has 0 aliphatic heterocycles. The summed E-state index contributed by atoms with van der Waals surface area (Å²) in [7, 11) is 0. The first kappa shape index (κ1) is 13.3. The van der Waals surface area contributed by atoms with Gasteiger partial charge in [-0.2, -0.15) is 5.10 Å². The summed E-state index contributed by atoms with van der Waals surface area (Å²) in [4.78, 5) is 15.9. The number of amides is 1. The van der Waals surface area contributed by atoms with Crippen LogP contribution in [0.5, 0.6) is 0 Å². The summed E-state index contributed by atoms with van der Waals surface area (Å²) in [6.45, 7) is 5.93. The van der Waals surface area contributed by atoms with Crippen molar-refractivity contribution in [3.05, 3.63) is 42.0 Å². The molecule has 0 spiro atoms. The number of aryl methyl sites for hydroxylation is 2. The van der Waals surface area contributed by atoms with Crippen LogP contribution in [-0.4, -0.2) is 20.7 Å². The van der Waals surface area contributed by atoms with Crippen molar-refractivity contribution in [1.29, 1.82) is 0 Å². The number of anilines is 1. The van der Waals surface area contributed by atoms with E-state index in [1.807, 2.05) is 37.6 Å². The molecule has 1 N–H and O–H groups in total. The Morgan fingerprint density at radius 3 is 2.84 bits per heavy atom. The van der Waals surface area contributed by atoms with Crippen LogP contribution in [0.4, 0.5) is 5.69 Å². The largest absolute Gasteiger partial charge is 0.325 e. The van der Waals surface area contributed by atoms with Gasteiger partial charge in [0.1, 0.15) is 0 Å². The molecular weight excluding hydrogens is 240 g/mol. The number of carbonyl (C=O) groups excluding carboxylic acids is 1. The van der Waals surface area contributed by atoms with Crippen molar-refractivity contribution in [2.24, 2.45) is 0 Å². The topological polar surface area (TPSA) is 59.8 Å². The Kier molecular flexibility index (Phi) is 3.94. The van der Waals surface area contributed by atoms with E-state index in [1.54, 1.807) is 18.5 Å². The van der Waals surface area contributed by atoms with Crippen LogP contribution in [-0.2, 0) is 4.79 Å². The number of hydrogen-bond donors (Lipinski definition) is 1. The molecule has 0 fully saturated rings. The lowest BCUT2D eigenvalue weighted by molar-refractivity contribution is -0.116. The normalized spacial score (nSPS) is 12.2. The highest BCUT2D eigenvalue weighted by atomic mass is 16.1. The first-order valence-electron chi connectivity index (χ1n) is 6.29. The van der Waals surface area contributed by atoms with Crippen molar-refractivity contribution in [2.45, 2.75) is 33.2 Å². The van der Waals surface area contributed by atoms with E-state index in [0.29, 0.717) is 12.1 Å². The summed E-state index contributed by atoms with van der Waals surface area (Å²) in [5.41, 5.74) is 2.75. The fourth-order valence-electron chi connectivity index (χ4n) is 2.10. The van der Waals surface area contributed by atoms with E-state index >= 15 is 0 Å². The van der Waals surface area contributed by atoms with Crippen molar-refractivity contribution in [3.8, 4) is 0 Å². The highest BCUT2D eigenvalue weighted by molar-refractivity contribution is 5.90. The van der Waals surface area contributed by atoms with Crippen LogP contribution in [0.25, 0.3) is 0 Å². The summed E-state index contributed by atoms with van der Waals surface area (Å²) in [6.07, 6.45) is 3.69. The van der Waals surface area contributed by atoms with Crippen molar-refractivity contribution in [3.63, 3.8) is 0 Å². The minimum Gasteiger partial charge on any atom is -0.325 e. The van der Waals surface area contributed by atoms with Crippen LogP contribution < -0.4 is 5.32 Å². The van der Waals surface area contributed by atoms with E-state index in [2.05, 4.69) is 15.4 Å². The second kappa shape index (κ2) is 5.65. The van der Waals surface area contributed by atoms with Gasteiger partial charge in [-0.1, -0.05) is 0 Å². The monoisotopic (exact) mass is 258 g/mol. The molecule has 19 heavy (non-hydrogen) atoms. The molecule has 1 amide bonds. The molecule has 0 unspecified atom stereocenters. The zero-order valence-electron chi connectivity index (χ0n) is 11.4. The summed E-state index contributed by atoms with van der Waals surface area (Å²) in [5.74, 6) is -0.0342. The maximum absolute atomic E-state index is 11.9. The van der Waals surface area contributed by atoms with E-state index in [9.17, 15) is 4.79 Å². The lowest BCUT2D eigenvalue weighted by Gasteiger charge is -2.14. The fourth-order valence-corrected chi connectivity index (χ4v) is 2.10. The number of pyridine rings is 1. The molecule has 2 aromatic heterocycles. The van der Waals surface area contributed by atoms with E-state index in [0.717, 1.165) is 11.4 Å². The molecule has 5 heteroatoms. The van der Waals surface area contributed by atoms with Gasteiger partial charge in [-0.15, -0.1) is 0 Å². The first-order chi connectivity index (χ1) is 9.06. The van der Waals surface area contributed by atoms with Gasteiger partial charge in [0.15, 0.2) is 0 Å². The first-order valence-corrected chi connectivity index (χ1v) is 6.29. The minimum absolute atomic E-state index is 0.0328. The minimum atomic E-state index is -0.0342. The number of aromatic nitrogens is 3. The Bertz CT molecular complexity index is 562. The molecule has 100 valence electrons. The number of rotatable bonds is 4. The summed E-state index contributed by atoms with van der Waals surface area (Å²) in [6, 6.07) is 5.65. The van der Waals surface area contributed by atoms with Crippen LogP contribution in [0.1, 0.15) is 30.8 Å². The van der Waals surface area contributed by atoms with Crippen molar-refractivity contribution < 1.29 is 4.79 Å². The smallest absolute Gasteiger partial charge is 0.226 e. The maximum atomic E-state index is 11.9. The van der Waals surface area contributed by atoms with Gasteiger partial charge in [0, 0.05) is 18.3 Å². The second-order valence-corrected chi connectivity index (χ2v) is 4.71. The Hall–Kier alpha value is -2.17. The molecule has 0 aromatic carbocycles. The molecule has 0 bridgehead atoms. The molecule has 2 heterocycles. The number of nitrogens with zero attached hydrogens (tertiary/aromatic N) is 3. The highest BCUT2D eigenvalue weighted by Crippen LogP contribution is 2.15. The van der Waals surface area contributed by atoms with Gasteiger partial charge in [0.25, 0.3) is 0 Å². The zero-order valence-corrected chi connectivity index (χ0v) is 11.4. The molecule has 0 radical (unpaired) electrons. The molecule has 0 saturated carbocycles. The van der Waals surface area contributed by atoms with Crippen LogP contribution in [0.3, 0.4) is 0 Å². The predicted octanol–water partition coefficient (Wildman–Crippen LogP) is 2.48. The Balaban J connectivity index is 1.97. The van der Waals surface area contributed by atoms with Crippen molar-refractivity contribution in [1.82, 2.24) is 14.8 Å². The lowest BCUT2D eigenvalue weighted by atomic mass is 10.2. The third kappa shape index (κ3) is 3.40. The van der Waals surface area contributed by atoms with E-state index in [-0.39, 0.29) is 11.9 Å². The third-order valence-electron chi connectivity index (χ3n) is 2.89. The number of hydrogen-bond acceptors (Lipinski definition) is 3. The lowest BCUT2D eigenvalue weighted by Crippen LogP contribution is -2.19. The average molecular weight is 258 g/mol. The number of carbonyl (C=O) groups is 1. The maximum Gasteiger partial charge on any atom is 0.226 e. The SMILES string of the molecule is Cc1cc(C)n([C@@H](C)CC(=O)Nc2cccnc2)n1. The van der Waals surface area contributed by atoms with Crippen molar-refractivity contribution in [2.75, 3.05) is 5.32 Å². The van der Waals surface area contributed by atoms with Crippen LogP contribution in [0, 0.1) is 13.8 Å². The molecular formula is C14H18N4O. The Morgan fingerprint density at radius 1 is 1.47 bits per heavy atom. The molecule has 2 aromatic rings. The quantitative estimate of drug-likeness (QED) is 0.916. The summed E-state index contributed by atoms with van der Waals surface area (Å²) in [5, 5.41) is 7.22. The molecule has 0 aliphatic carbocycles. The van der Waals surface area contributed by atoms with Gasteiger partial charge in [-0.25, -0.2) is 0 Å². The van der Waals surface area contributed by atoms with Gasteiger partial charge in [0.2, 0.25) is 5.91 Å². The zero-order chi connectivity index (χ0) is 13.8. The van der Waals surface area contributed by atoms with Gasteiger partial charge in [-0.3, -0.25) is 14.5 Å². The van der Waals surface area contributed by atoms with Crippen LogP contribution in [0.15, 0.2) is 30.6 Å². The predicted molar refractivity (Wildman–Crippen MR) is 73.9 cm³/mol. The van der Waals surface area contributed by atoms with Crippen LogP contribution >= 0.6 is 0 Å². The standard InChI is InChI=1S/C14H18N4O/c1-10-7-11(2)18(17-10)12(3)8-14(19)16-13-5-4-6-15-9-13/h4-7,9,12H,8H2,1-3H3,(H,16,19)/t12-/m0/s1. The molecule has 0 saturated heterocycles. The number of nitrogens with one attached hydrogen (secondary N) is 1. The highest BCUT2D eigenvalue weighted by Gasteiger charge is 2.14. The Morgan fingerprint density at radius 2 is 2.26 bits per heavy atom. The summed E-state index contributed by atoms with van der Waals surface area (Å²) < 4.78 is 1.89. The van der Waals surface area contributed by atoms with E-state index in [1.165, 1.54) is 0 Å². The molecule has 5 nitrogen and oxygen atoms in total. The Labute approximate surface area is 112 Å². The molecule has 1 atom stereocenters. The van der Waals surface area contributed by atoms with Crippen molar-refractivity contribution >= 4 is 11.6 Å². The van der Waals surface area contributed by atoms with Gasteiger partial charge in [-0.05, 0) is 39.0 Å². The molecule has 2 rings (SSSR count). The molecule has 0 aliphatic rings. The fraction of sp³-hybridized carbons (Fsp3) is 0.357.